The number of halogens is 1. The van der Waals surface area contributed by atoms with Gasteiger partial charge < -0.3 is 5.11 Å². The first kappa shape index (κ1) is 10.3. The molecule has 0 aliphatic carbocycles. The van der Waals surface area contributed by atoms with Gasteiger partial charge in [0.2, 0.25) is 0 Å². The van der Waals surface area contributed by atoms with Crippen LogP contribution in [0.1, 0.15) is 18.6 Å². The maximum atomic E-state index is 9.81. The summed E-state index contributed by atoms with van der Waals surface area (Å²) in [5.41, 5.74) is 0.761. The quantitative estimate of drug-likeness (QED) is 0.737. The van der Waals surface area contributed by atoms with Gasteiger partial charge in [-0.15, -0.1) is 6.58 Å². The van der Waals surface area contributed by atoms with Crippen LogP contribution in [-0.4, -0.2) is 5.11 Å². The summed E-state index contributed by atoms with van der Waals surface area (Å²) in [4.78, 5) is 0. The van der Waals surface area contributed by atoms with Gasteiger partial charge in [-0.2, -0.15) is 0 Å². The van der Waals surface area contributed by atoms with Gasteiger partial charge in [0.25, 0.3) is 0 Å². The lowest BCUT2D eigenvalue weighted by molar-refractivity contribution is 0.140. The highest BCUT2D eigenvalue weighted by Gasteiger charge is 2.15. The van der Waals surface area contributed by atoms with Crippen molar-refractivity contribution in [2.75, 3.05) is 0 Å². The molecule has 0 spiro atoms. The molecule has 2 atom stereocenters. The molecule has 0 amide bonds. The molecule has 1 aromatic rings. The van der Waals surface area contributed by atoms with Crippen LogP contribution in [-0.2, 0) is 0 Å². The third-order valence-corrected chi connectivity index (χ3v) is 2.44. The molecule has 0 radical (unpaired) electrons. The van der Waals surface area contributed by atoms with E-state index >= 15 is 0 Å². The fourth-order valence-electron chi connectivity index (χ4n) is 1.13. The second-order valence-electron chi connectivity index (χ2n) is 3.06. The molecular formula is C11H13ClO. The summed E-state index contributed by atoms with van der Waals surface area (Å²) in [7, 11) is 0. The van der Waals surface area contributed by atoms with Gasteiger partial charge >= 0.3 is 0 Å². The molecule has 13 heavy (non-hydrogen) atoms. The van der Waals surface area contributed by atoms with Crippen LogP contribution in [0.2, 0.25) is 5.02 Å². The molecule has 0 aliphatic rings. The van der Waals surface area contributed by atoms with E-state index in [-0.39, 0.29) is 5.92 Å². The predicted octanol–water partition coefficient (Wildman–Crippen LogP) is 3.20. The number of hydrogen-bond donors (Lipinski definition) is 1. The Bertz CT molecular complexity index is 296. The highest BCUT2D eigenvalue weighted by molar-refractivity contribution is 6.31. The van der Waals surface area contributed by atoms with Gasteiger partial charge in [-0.05, 0) is 11.6 Å². The van der Waals surface area contributed by atoms with Gasteiger partial charge in [0.05, 0.1) is 6.10 Å². The smallest absolute Gasteiger partial charge is 0.0864 e. The van der Waals surface area contributed by atoms with E-state index in [1.54, 1.807) is 12.1 Å². The summed E-state index contributed by atoms with van der Waals surface area (Å²) in [6.45, 7) is 5.54. The van der Waals surface area contributed by atoms with Crippen molar-refractivity contribution in [3.05, 3.63) is 47.5 Å². The van der Waals surface area contributed by atoms with Crippen LogP contribution in [0.15, 0.2) is 36.9 Å². The first-order valence-electron chi connectivity index (χ1n) is 4.22. The zero-order chi connectivity index (χ0) is 9.84. The van der Waals surface area contributed by atoms with Crippen molar-refractivity contribution in [1.82, 2.24) is 0 Å². The Kier molecular flexibility index (Phi) is 3.52. The van der Waals surface area contributed by atoms with Crippen molar-refractivity contribution >= 4 is 11.6 Å². The third kappa shape index (κ3) is 2.33. The summed E-state index contributed by atoms with van der Waals surface area (Å²) in [5, 5.41) is 10.4. The number of aliphatic hydroxyl groups is 1. The van der Waals surface area contributed by atoms with E-state index < -0.39 is 6.10 Å². The Hall–Kier alpha value is -0.790. The second kappa shape index (κ2) is 4.45. The van der Waals surface area contributed by atoms with E-state index in [4.69, 9.17) is 11.6 Å². The zero-order valence-electron chi connectivity index (χ0n) is 7.57. The summed E-state index contributed by atoms with van der Waals surface area (Å²) >= 11 is 5.93. The number of hydrogen-bond acceptors (Lipinski definition) is 1. The van der Waals surface area contributed by atoms with E-state index in [1.165, 1.54) is 0 Å². The summed E-state index contributed by atoms with van der Waals surface area (Å²) in [6, 6.07) is 7.31. The van der Waals surface area contributed by atoms with Gasteiger partial charge in [0.15, 0.2) is 0 Å². The molecule has 0 saturated heterocycles. The summed E-state index contributed by atoms with van der Waals surface area (Å²) in [5.74, 6) is 0.0138. The van der Waals surface area contributed by atoms with Crippen molar-refractivity contribution in [1.29, 1.82) is 0 Å². The minimum absolute atomic E-state index is 0.0138. The summed E-state index contributed by atoms with van der Waals surface area (Å²) in [6.07, 6.45) is 1.15. The molecule has 1 N–H and O–H groups in total. The van der Waals surface area contributed by atoms with Crippen LogP contribution in [0.25, 0.3) is 0 Å². The van der Waals surface area contributed by atoms with E-state index in [1.807, 2.05) is 25.1 Å². The van der Waals surface area contributed by atoms with Gasteiger partial charge in [-0.3, -0.25) is 0 Å². The zero-order valence-corrected chi connectivity index (χ0v) is 8.33. The molecule has 0 fully saturated rings. The molecular weight excluding hydrogens is 184 g/mol. The SMILES string of the molecule is C=C[C@H](C)[C@@H](O)c1ccccc1Cl. The van der Waals surface area contributed by atoms with Gasteiger partial charge in [0.1, 0.15) is 0 Å². The van der Waals surface area contributed by atoms with Crippen LogP contribution < -0.4 is 0 Å². The van der Waals surface area contributed by atoms with Gasteiger partial charge in [-0.25, -0.2) is 0 Å². The molecule has 0 unspecified atom stereocenters. The van der Waals surface area contributed by atoms with Crippen molar-refractivity contribution in [2.45, 2.75) is 13.0 Å². The molecule has 0 bridgehead atoms. The summed E-state index contributed by atoms with van der Waals surface area (Å²) < 4.78 is 0. The first-order valence-corrected chi connectivity index (χ1v) is 4.59. The van der Waals surface area contributed by atoms with Crippen molar-refractivity contribution < 1.29 is 5.11 Å². The average molecular weight is 197 g/mol. The van der Waals surface area contributed by atoms with E-state index in [0.29, 0.717) is 5.02 Å². The Morgan fingerprint density at radius 2 is 2.08 bits per heavy atom. The monoisotopic (exact) mass is 196 g/mol. The maximum absolute atomic E-state index is 9.81. The highest BCUT2D eigenvalue weighted by atomic mass is 35.5. The lowest BCUT2D eigenvalue weighted by atomic mass is 9.98. The lowest BCUT2D eigenvalue weighted by Gasteiger charge is -2.16. The van der Waals surface area contributed by atoms with Crippen molar-refractivity contribution in [2.24, 2.45) is 5.92 Å². The number of rotatable bonds is 3. The lowest BCUT2D eigenvalue weighted by Crippen LogP contribution is -2.06. The molecule has 1 nitrogen and oxygen atoms in total. The normalized spacial score (nSPS) is 15.0. The standard InChI is InChI=1S/C11H13ClO/c1-3-8(2)11(13)9-6-4-5-7-10(9)12/h3-8,11,13H,1H2,2H3/t8-,11+/m0/s1. The molecule has 0 heterocycles. The Morgan fingerprint density at radius 3 is 2.62 bits per heavy atom. The Labute approximate surface area is 83.7 Å². The van der Waals surface area contributed by atoms with Crippen LogP contribution in [0.5, 0.6) is 0 Å². The molecule has 70 valence electrons. The van der Waals surface area contributed by atoms with Crippen molar-refractivity contribution in [3.63, 3.8) is 0 Å². The van der Waals surface area contributed by atoms with Crippen molar-refractivity contribution in [3.8, 4) is 0 Å². The minimum Gasteiger partial charge on any atom is -0.388 e. The highest BCUT2D eigenvalue weighted by Crippen LogP contribution is 2.28. The topological polar surface area (TPSA) is 20.2 Å². The van der Waals surface area contributed by atoms with Crippen LogP contribution in [0.3, 0.4) is 0 Å². The Morgan fingerprint density at radius 1 is 1.46 bits per heavy atom. The minimum atomic E-state index is -0.564. The fourth-order valence-corrected chi connectivity index (χ4v) is 1.37. The Balaban J connectivity index is 2.94. The van der Waals surface area contributed by atoms with E-state index in [2.05, 4.69) is 6.58 Å². The third-order valence-electron chi connectivity index (χ3n) is 2.09. The molecule has 1 aromatic carbocycles. The molecule has 0 saturated carbocycles. The largest absolute Gasteiger partial charge is 0.388 e. The molecule has 1 rings (SSSR count). The van der Waals surface area contributed by atoms with E-state index in [9.17, 15) is 5.11 Å². The molecule has 0 aliphatic heterocycles. The van der Waals surface area contributed by atoms with Gasteiger partial charge in [0, 0.05) is 10.9 Å². The van der Waals surface area contributed by atoms with E-state index in [0.717, 1.165) is 5.56 Å². The first-order chi connectivity index (χ1) is 6.16. The second-order valence-corrected chi connectivity index (χ2v) is 3.47. The van der Waals surface area contributed by atoms with Crippen LogP contribution in [0.4, 0.5) is 0 Å². The van der Waals surface area contributed by atoms with Crippen LogP contribution >= 0.6 is 11.6 Å². The van der Waals surface area contributed by atoms with Gasteiger partial charge in [-0.1, -0.05) is 42.8 Å². The maximum Gasteiger partial charge on any atom is 0.0864 e. The van der Waals surface area contributed by atoms with Crippen LogP contribution in [0, 0.1) is 5.92 Å². The molecule has 2 heteroatoms. The molecule has 0 aromatic heterocycles. The number of benzene rings is 1. The fraction of sp³-hybridized carbons (Fsp3) is 0.273. The number of aliphatic hydroxyl groups excluding tert-OH is 1. The predicted molar refractivity (Wildman–Crippen MR) is 55.8 cm³/mol. The average Bonchev–Trinajstić information content (AvgIpc) is 2.16.